The first-order chi connectivity index (χ1) is 14.7. The van der Waals surface area contributed by atoms with E-state index in [-0.39, 0.29) is 22.3 Å². The van der Waals surface area contributed by atoms with E-state index in [2.05, 4.69) is 32.7 Å². The van der Waals surface area contributed by atoms with Crippen LogP contribution in [0.15, 0.2) is 24.3 Å². The van der Waals surface area contributed by atoms with Crippen LogP contribution >= 0.6 is 0 Å². The first-order valence-corrected chi connectivity index (χ1v) is 12.5. The summed E-state index contributed by atoms with van der Waals surface area (Å²) in [6.07, 6.45) is 14.3. The zero-order chi connectivity index (χ0) is 22.3. The zero-order valence-corrected chi connectivity index (χ0v) is 19.8. The van der Waals surface area contributed by atoms with E-state index in [0.29, 0.717) is 12.3 Å². The van der Waals surface area contributed by atoms with Crippen LogP contribution in [0.25, 0.3) is 0 Å². The highest BCUT2D eigenvalue weighted by Crippen LogP contribution is 2.68. The summed E-state index contributed by atoms with van der Waals surface area (Å²) in [4.78, 5) is 23.3. The second-order valence-corrected chi connectivity index (χ2v) is 11.2. The first kappa shape index (κ1) is 22.8. The SMILES string of the molecule is C=CC(=O)NCCCCOC1(C)CC[C@H]2[C@@H]3CCC4=CC(=O)CC[C@]4(C)[C@H]3CC[C@@]21C. The van der Waals surface area contributed by atoms with E-state index in [4.69, 9.17) is 4.74 Å². The molecule has 0 aliphatic heterocycles. The number of amides is 1. The van der Waals surface area contributed by atoms with Crippen molar-refractivity contribution in [2.24, 2.45) is 28.6 Å². The summed E-state index contributed by atoms with van der Waals surface area (Å²) in [6, 6.07) is 0. The van der Waals surface area contributed by atoms with Gasteiger partial charge in [-0.15, -0.1) is 0 Å². The third kappa shape index (κ3) is 3.83. The summed E-state index contributed by atoms with van der Waals surface area (Å²) in [5.74, 6) is 2.48. The Morgan fingerprint density at radius 3 is 2.68 bits per heavy atom. The topological polar surface area (TPSA) is 55.4 Å². The van der Waals surface area contributed by atoms with E-state index in [1.807, 2.05) is 6.08 Å². The number of hydrogen-bond donors (Lipinski definition) is 1. The second kappa shape index (κ2) is 8.50. The molecule has 0 bridgehead atoms. The van der Waals surface area contributed by atoms with Crippen molar-refractivity contribution in [3.63, 3.8) is 0 Å². The number of rotatable bonds is 7. The zero-order valence-electron chi connectivity index (χ0n) is 19.8. The van der Waals surface area contributed by atoms with Gasteiger partial charge in [-0.25, -0.2) is 0 Å². The Kier molecular flexibility index (Phi) is 6.24. The predicted molar refractivity (Wildman–Crippen MR) is 124 cm³/mol. The van der Waals surface area contributed by atoms with Crippen LogP contribution < -0.4 is 5.32 Å². The number of ketones is 1. The summed E-state index contributed by atoms with van der Waals surface area (Å²) in [6.45, 7) is 12.3. The standard InChI is InChI=1S/C27H41NO3/c1-5-24(30)28-16-6-7-17-31-27(4)15-12-23-21-9-8-19-18-20(29)10-13-25(19,2)22(21)11-14-26(23,27)3/h5,18,21-23H,1,6-17H2,2-4H3,(H,28,30)/t21-,22+,23+,25+,26+,27?/m1/s1. The van der Waals surface area contributed by atoms with Gasteiger partial charge in [0.25, 0.3) is 0 Å². The minimum Gasteiger partial charge on any atom is -0.375 e. The quantitative estimate of drug-likeness (QED) is 0.439. The summed E-state index contributed by atoms with van der Waals surface area (Å²) < 4.78 is 6.63. The number of unbranched alkanes of at least 4 members (excludes halogenated alkanes) is 1. The molecule has 0 heterocycles. The van der Waals surface area contributed by atoms with Gasteiger partial charge in [0.15, 0.2) is 5.78 Å². The molecule has 4 aliphatic rings. The lowest BCUT2D eigenvalue weighted by Crippen LogP contribution is -2.54. The average Bonchev–Trinajstić information content (AvgIpc) is 3.02. The monoisotopic (exact) mass is 427 g/mol. The van der Waals surface area contributed by atoms with Crippen molar-refractivity contribution >= 4 is 11.7 Å². The van der Waals surface area contributed by atoms with E-state index in [1.165, 1.54) is 37.3 Å². The summed E-state index contributed by atoms with van der Waals surface area (Å²) in [7, 11) is 0. The highest BCUT2D eigenvalue weighted by atomic mass is 16.5. The lowest BCUT2D eigenvalue weighted by Gasteiger charge is -2.59. The molecule has 4 aliphatic carbocycles. The Morgan fingerprint density at radius 2 is 1.90 bits per heavy atom. The number of hydrogen-bond acceptors (Lipinski definition) is 3. The third-order valence-corrected chi connectivity index (χ3v) is 9.97. The number of carbonyl (C=O) groups is 2. The Morgan fingerprint density at radius 1 is 1.13 bits per heavy atom. The molecule has 0 aromatic heterocycles. The molecule has 0 radical (unpaired) electrons. The normalized spacial score (nSPS) is 41.6. The molecule has 0 aromatic rings. The molecular formula is C27H41NO3. The molecule has 3 fully saturated rings. The summed E-state index contributed by atoms with van der Waals surface area (Å²) in [5.41, 5.74) is 1.89. The maximum absolute atomic E-state index is 12.0. The van der Waals surface area contributed by atoms with Crippen LogP contribution in [0.3, 0.4) is 0 Å². The van der Waals surface area contributed by atoms with Gasteiger partial charge in [-0.2, -0.15) is 0 Å². The Bertz CT molecular complexity index is 772. The van der Waals surface area contributed by atoms with Crippen molar-refractivity contribution in [2.45, 2.75) is 90.6 Å². The Balaban J connectivity index is 1.39. The van der Waals surface area contributed by atoms with E-state index in [0.717, 1.165) is 62.9 Å². The highest BCUT2D eigenvalue weighted by Gasteiger charge is 2.63. The Hall–Kier alpha value is -1.42. The van der Waals surface area contributed by atoms with E-state index in [9.17, 15) is 9.59 Å². The molecule has 172 valence electrons. The molecule has 0 spiro atoms. The minimum absolute atomic E-state index is 0.0491. The second-order valence-electron chi connectivity index (χ2n) is 11.2. The van der Waals surface area contributed by atoms with Gasteiger partial charge in [-0.05, 0) is 105 Å². The van der Waals surface area contributed by atoms with Crippen LogP contribution in [0.5, 0.6) is 0 Å². The highest BCUT2D eigenvalue weighted by molar-refractivity contribution is 5.91. The maximum Gasteiger partial charge on any atom is 0.243 e. The maximum atomic E-state index is 12.0. The largest absolute Gasteiger partial charge is 0.375 e. The fourth-order valence-corrected chi connectivity index (χ4v) is 7.83. The molecule has 31 heavy (non-hydrogen) atoms. The number of nitrogens with one attached hydrogen (secondary N) is 1. The molecule has 1 unspecified atom stereocenters. The van der Waals surface area contributed by atoms with E-state index in [1.54, 1.807) is 0 Å². The van der Waals surface area contributed by atoms with Crippen molar-refractivity contribution in [1.29, 1.82) is 0 Å². The first-order valence-electron chi connectivity index (χ1n) is 12.5. The number of allylic oxidation sites excluding steroid dienone is 1. The molecule has 0 saturated heterocycles. The van der Waals surface area contributed by atoms with Crippen molar-refractivity contribution < 1.29 is 14.3 Å². The van der Waals surface area contributed by atoms with Gasteiger partial charge in [-0.3, -0.25) is 9.59 Å². The molecule has 3 saturated carbocycles. The van der Waals surface area contributed by atoms with Gasteiger partial charge in [0.1, 0.15) is 0 Å². The minimum atomic E-state index is -0.0997. The van der Waals surface area contributed by atoms with Crippen LogP contribution in [-0.2, 0) is 14.3 Å². The third-order valence-electron chi connectivity index (χ3n) is 9.97. The number of carbonyl (C=O) groups excluding carboxylic acids is 2. The summed E-state index contributed by atoms with van der Waals surface area (Å²) in [5, 5.41) is 2.85. The lowest BCUT2D eigenvalue weighted by atomic mass is 9.46. The number of fused-ring (bicyclic) bond motifs is 5. The van der Waals surface area contributed by atoms with Gasteiger partial charge >= 0.3 is 0 Å². The fourth-order valence-electron chi connectivity index (χ4n) is 7.83. The van der Waals surface area contributed by atoms with E-state index < -0.39 is 0 Å². The number of ether oxygens (including phenoxy) is 1. The van der Waals surface area contributed by atoms with Gasteiger partial charge in [0, 0.05) is 19.6 Å². The van der Waals surface area contributed by atoms with Crippen molar-refractivity contribution in [2.75, 3.05) is 13.2 Å². The molecular weight excluding hydrogens is 386 g/mol. The van der Waals surface area contributed by atoms with Crippen LogP contribution in [0.2, 0.25) is 0 Å². The summed E-state index contributed by atoms with van der Waals surface area (Å²) >= 11 is 0. The van der Waals surface area contributed by atoms with Crippen LogP contribution in [0.4, 0.5) is 0 Å². The molecule has 0 aromatic carbocycles. The lowest BCUT2D eigenvalue weighted by molar-refractivity contribution is -0.150. The molecule has 6 atom stereocenters. The van der Waals surface area contributed by atoms with E-state index >= 15 is 0 Å². The van der Waals surface area contributed by atoms with Crippen LogP contribution in [0, 0.1) is 28.6 Å². The van der Waals surface area contributed by atoms with Gasteiger partial charge in [-0.1, -0.05) is 26.0 Å². The van der Waals surface area contributed by atoms with Crippen LogP contribution in [0.1, 0.15) is 85.0 Å². The fraction of sp³-hybridized carbons (Fsp3) is 0.778. The Labute approximate surface area is 188 Å². The van der Waals surface area contributed by atoms with Crippen molar-refractivity contribution in [3.05, 3.63) is 24.3 Å². The predicted octanol–water partition coefficient (Wildman–Crippen LogP) is 5.38. The van der Waals surface area contributed by atoms with Crippen molar-refractivity contribution in [3.8, 4) is 0 Å². The van der Waals surface area contributed by atoms with Gasteiger partial charge in [0.2, 0.25) is 5.91 Å². The van der Waals surface area contributed by atoms with Gasteiger partial charge < -0.3 is 10.1 Å². The van der Waals surface area contributed by atoms with Crippen molar-refractivity contribution in [1.82, 2.24) is 5.32 Å². The van der Waals surface area contributed by atoms with Crippen LogP contribution in [-0.4, -0.2) is 30.4 Å². The smallest absolute Gasteiger partial charge is 0.243 e. The molecule has 1 amide bonds. The molecule has 4 heteroatoms. The average molecular weight is 428 g/mol. The van der Waals surface area contributed by atoms with Gasteiger partial charge in [0.05, 0.1) is 5.60 Å². The molecule has 4 rings (SSSR count). The molecule has 1 N–H and O–H groups in total. The molecule has 4 nitrogen and oxygen atoms in total.